The minimum Gasteiger partial charge on any atom is -0.481 e. The van der Waals surface area contributed by atoms with Crippen LogP contribution in [0.25, 0.3) is 11.1 Å². The van der Waals surface area contributed by atoms with E-state index < -0.39 is 18.1 Å². The zero-order valence-electron chi connectivity index (χ0n) is 17.1. The lowest BCUT2D eigenvalue weighted by Crippen LogP contribution is -2.25. The first-order valence-electron chi connectivity index (χ1n) is 10.0. The SMILES string of the molecule is CCC[C@H](C(=O)O)[C@H](Cc1ccc(-c2ccc(C(O)NC)cc2)cc1)c1nn[nH]n1. The third-order valence-electron chi connectivity index (χ3n) is 5.34. The summed E-state index contributed by atoms with van der Waals surface area (Å²) in [6.07, 6.45) is 1.15. The van der Waals surface area contributed by atoms with E-state index in [2.05, 4.69) is 25.9 Å². The summed E-state index contributed by atoms with van der Waals surface area (Å²) < 4.78 is 0. The summed E-state index contributed by atoms with van der Waals surface area (Å²) >= 11 is 0. The number of nitrogens with one attached hydrogen (secondary N) is 2. The van der Waals surface area contributed by atoms with Gasteiger partial charge >= 0.3 is 5.97 Å². The second-order valence-electron chi connectivity index (χ2n) is 7.32. The minimum atomic E-state index is -0.841. The molecule has 8 heteroatoms. The zero-order valence-corrected chi connectivity index (χ0v) is 17.1. The molecule has 3 rings (SSSR count). The molecule has 158 valence electrons. The lowest BCUT2D eigenvalue weighted by Gasteiger charge is -2.21. The molecule has 0 saturated heterocycles. The van der Waals surface area contributed by atoms with Crippen LogP contribution in [0.15, 0.2) is 48.5 Å². The number of aromatic nitrogens is 4. The molecule has 0 saturated carbocycles. The van der Waals surface area contributed by atoms with Crippen molar-refractivity contribution < 1.29 is 15.0 Å². The van der Waals surface area contributed by atoms with Gasteiger partial charge in [-0.05, 0) is 42.1 Å². The Balaban J connectivity index is 1.79. The lowest BCUT2D eigenvalue weighted by atomic mass is 9.83. The Bertz CT molecular complexity index is 926. The van der Waals surface area contributed by atoms with Gasteiger partial charge in [0.15, 0.2) is 5.82 Å². The topological polar surface area (TPSA) is 124 Å². The molecule has 1 heterocycles. The van der Waals surface area contributed by atoms with Crippen molar-refractivity contribution >= 4 is 5.97 Å². The van der Waals surface area contributed by atoms with Gasteiger partial charge in [-0.15, -0.1) is 10.2 Å². The molecule has 0 spiro atoms. The molecule has 3 aromatic rings. The predicted octanol–water partition coefficient (Wildman–Crippen LogP) is 2.90. The zero-order chi connectivity index (χ0) is 21.5. The van der Waals surface area contributed by atoms with Crippen molar-refractivity contribution in [1.29, 1.82) is 0 Å². The number of aromatic amines is 1. The number of H-pyrrole nitrogens is 1. The lowest BCUT2D eigenvalue weighted by molar-refractivity contribution is -0.142. The van der Waals surface area contributed by atoms with Gasteiger partial charge in [-0.3, -0.25) is 10.1 Å². The second kappa shape index (κ2) is 10.1. The monoisotopic (exact) mass is 409 g/mol. The molecule has 0 radical (unpaired) electrons. The van der Waals surface area contributed by atoms with Gasteiger partial charge in [-0.25, -0.2) is 0 Å². The number of nitrogens with zero attached hydrogens (tertiary/aromatic N) is 3. The van der Waals surface area contributed by atoms with Crippen LogP contribution in [0.3, 0.4) is 0 Å². The highest BCUT2D eigenvalue weighted by molar-refractivity contribution is 5.71. The molecule has 4 N–H and O–H groups in total. The number of aliphatic hydroxyl groups excluding tert-OH is 1. The largest absolute Gasteiger partial charge is 0.481 e. The van der Waals surface area contributed by atoms with Crippen LogP contribution in [0.4, 0.5) is 0 Å². The van der Waals surface area contributed by atoms with Gasteiger partial charge in [0.1, 0.15) is 6.23 Å². The van der Waals surface area contributed by atoms with Gasteiger partial charge in [0, 0.05) is 5.92 Å². The van der Waals surface area contributed by atoms with Crippen LogP contribution in [-0.2, 0) is 11.2 Å². The maximum absolute atomic E-state index is 11.8. The number of tetrazole rings is 1. The third-order valence-corrected chi connectivity index (χ3v) is 5.34. The van der Waals surface area contributed by atoms with Gasteiger partial charge in [0.2, 0.25) is 0 Å². The highest BCUT2D eigenvalue weighted by Crippen LogP contribution is 2.30. The first-order chi connectivity index (χ1) is 14.5. The van der Waals surface area contributed by atoms with Crippen LogP contribution in [0.5, 0.6) is 0 Å². The fraction of sp³-hybridized carbons (Fsp3) is 0.364. The molecule has 8 nitrogen and oxygen atoms in total. The van der Waals surface area contributed by atoms with Gasteiger partial charge in [-0.1, -0.05) is 67.1 Å². The van der Waals surface area contributed by atoms with E-state index in [0.717, 1.165) is 28.7 Å². The van der Waals surface area contributed by atoms with Crippen molar-refractivity contribution in [1.82, 2.24) is 25.9 Å². The molecule has 3 atom stereocenters. The van der Waals surface area contributed by atoms with E-state index in [4.69, 9.17) is 0 Å². The molecule has 0 amide bonds. The molecule has 0 aliphatic rings. The summed E-state index contributed by atoms with van der Waals surface area (Å²) in [5, 5.41) is 36.5. The van der Waals surface area contributed by atoms with E-state index in [0.29, 0.717) is 18.7 Å². The molecule has 0 fully saturated rings. The second-order valence-corrected chi connectivity index (χ2v) is 7.32. The van der Waals surface area contributed by atoms with E-state index in [1.807, 2.05) is 55.5 Å². The predicted molar refractivity (Wildman–Crippen MR) is 113 cm³/mol. The normalized spacial score (nSPS) is 14.2. The number of carboxylic acids is 1. The Hall–Kier alpha value is -3.10. The molecule has 0 aliphatic heterocycles. The van der Waals surface area contributed by atoms with Crippen molar-refractivity contribution in [2.45, 2.75) is 38.3 Å². The number of carboxylic acid groups (broad SMARTS) is 1. The Morgan fingerprint density at radius 2 is 1.73 bits per heavy atom. The first-order valence-corrected chi connectivity index (χ1v) is 10.0. The number of rotatable bonds is 10. The van der Waals surface area contributed by atoms with Crippen molar-refractivity contribution in [3.8, 4) is 11.1 Å². The molecule has 1 unspecified atom stereocenters. The molecular weight excluding hydrogens is 382 g/mol. The van der Waals surface area contributed by atoms with Crippen molar-refractivity contribution in [2.24, 2.45) is 5.92 Å². The van der Waals surface area contributed by atoms with Gasteiger partial charge in [0.25, 0.3) is 0 Å². The highest BCUT2D eigenvalue weighted by Gasteiger charge is 2.31. The minimum absolute atomic E-state index is 0.352. The van der Waals surface area contributed by atoms with E-state index in [1.165, 1.54) is 0 Å². The number of carbonyl (C=O) groups is 1. The van der Waals surface area contributed by atoms with E-state index in [1.54, 1.807) is 7.05 Å². The molecule has 1 aromatic heterocycles. The number of benzene rings is 2. The standard InChI is InChI=1S/C22H27N5O3/c1-3-4-18(22(29)30)19(20-24-26-27-25-20)13-14-5-7-15(8-6-14)16-9-11-17(12-10-16)21(28)23-2/h5-12,18-19,21,23,28H,3-4,13H2,1-2H3,(H,29,30)(H,24,25,26,27)/t18-,19-,21?/m0/s1. The summed E-state index contributed by atoms with van der Waals surface area (Å²) in [7, 11) is 1.70. The third kappa shape index (κ3) is 5.08. The van der Waals surface area contributed by atoms with Crippen LogP contribution < -0.4 is 5.32 Å². The molecule has 0 bridgehead atoms. The number of hydrogen-bond donors (Lipinski definition) is 4. The summed E-state index contributed by atoms with van der Waals surface area (Å²) in [5.74, 6) is -1.33. The summed E-state index contributed by atoms with van der Waals surface area (Å²) in [5.41, 5.74) is 3.90. The van der Waals surface area contributed by atoms with E-state index >= 15 is 0 Å². The smallest absolute Gasteiger partial charge is 0.307 e. The molecule has 0 aliphatic carbocycles. The van der Waals surface area contributed by atoms with Crippen LogP contribution in [0.2, 0.25) is 0 Å². The van der Waals surface area contributed by atoms with E-state index in [-0.39, 0.29) is 5.92 Å². The van der Waals surface area contributed by atoms with Crippen LogP contribution in [0, 0.1) is 5.92 Å². The fourth-order valence-electron chi connectivity index (χ4n) is 3.66. The average molecular weight is 409 g/mol. The molecular formula is C22H27N5O3. The number of aliphatic carboxylic acids is 1. The Kier molecular flexibility index (Phi) is 7.26. The summed E-state index contributed by atoms with van der Waals surface area (Å²) in [4.78, 5) is 11.8. The first kappa shape index (κ1) is 21.6. The maximum Gasteiger partial charge on any atom is 0.307 e. The van der Waals surface area contributed by atoms with Crippen molar-refractivity contribution in [3.05, 3.63) is 65.5 Å². The number of hydrogen-bond acceptors (Lipinski definition) is 6. The summed E-state index contributed by atoms with van der Waals surface area (Å²) in [6, 6.07) is 15.7. The Morgan fingerprint density at radius 3 is 2.23 bits per heavy atom. The van der Waals surface area contributed by atoms with Gasteiger partial charge in [-0.2, -0.15) is 5.21 Å². The Labute approximate surface area is 175 Å². The highest BCUT2D eigenvalue weighted by atomic mass is 16.4. The quantitative estimate of drug-likeness (QED) is 0.380. The fourth-order valence-corrected chi connectivity index (χ4v) is 3.66. The van der Waals surface area contributed by atoms with Crippen LogP contribution >= 0.6 is 0 Å². The van der Waals surface area contributed by atoms with Crippen molar-refractivity contribution in [2.75, 3.05) is 7.05 Å². The van der Waals surface area contributed by atoms with Gasteiger partial charge in [0.05, 0.1) is 5.92 Å². The van der Waals surface area contributed by atoms with E-state index in [9.17, 15) is 15.0 Å². The summed E-state index contributed by atoms with van der Waals surface area (Å²) in [6.45, 7) is 1.97. The van der Waals surface area contributed by atoms with Crippen molar-refractivity contribution in [3.63, 3.8) is 0 Å². The maximum atomic E-state index is 11.8. The van der Waals surface area contributed by atoms with Crippen LogP contribution in [0.1, 0.15) is 48.9 Å². The molecule has 2 aromatic carbocycles. The van der Waals surface area contributed by atoms with Gasteiger partial charge < -0.3 is 10.2 Å². The number of aliphatic hydroxyl groups is 1. The Morgan fingerprint density at radius 1 is 1.10 bits per heavy atom. The van der Waals surface area contributed by atoms with Crippen LogP contribution in [-0.4, -0.2) is 43.9 Å². The average Bonchev–Trinajstić information content (AvgIpc) is 3.31. The molecule has 30 heavy (non-hydrogen) atoms.